The topological polar surface area (TPSA) is 58.4 Å². The van der Waals surface area contributed by atoms with Crippen LogP contribution in [0.3, 0.4) is 0 Å². The molecule has 2 rings (SSSR count). The molecule has 1 aromatic carbocycles. The molecule has 4 nitrogen and oxygen atoms in total. The molecule has 1 aliphatic rings. The average molecular weight is 247 g/mol. The highest BCUT2D eigenvalue weighted by atomic mass is 16.2. The molecule has 1 aromatic rings. The van der Waals surface area contributed by atoms with Gasteiger partial charge in [0.15, 0.2) is 0 Å². The Labute approximate surface area is 108 Å². The summed E-state index contributed by atoms with van der Waals surface area (Å²) in [4.78, 5) is 14.2. The highest BCUT2D eigenvalue weighted by molar-refractivity contribution is 5.92. The van der Waals surface area contributed by atoms with E-state index in [0.717, 1.165) is 18.7 Å². The number of hydrogen-bond donors (Lipinski definition) is 2. The molecule has 1 aliphatic carbocycles. The number of hydrogen-bond acceptors (Lipinski definition) is 3. The number of nitrogens with two attached hydrogens (primary N) is 1. The van der Waals surface area contributed by atoms with E-state index in [9.17, 15) is 4.79 Å². The Morgan fingerprint density at radius 1 is 1.39 bits per heavy atom. The van der Waals surface area contributed by atoms with Crippen molar-refractivity contribution in [3.05, 3.63) is 24.3 Å². The first kappa shape index (κ1) is 12.9. The smallest absolute Gasteiger partial charge is 0.238 e. The molecule has 1 saturated carbocycles. The molecule has 98 valence electrons. The van der Waals surface area contributed by atoms with Crippen molar-refractivity contribution in [1.29, 1.82) is 0 Å². The summed E-state index contributed by atoms with van der Waals surface area (Å²) < 4.78 is 0. The summed E-state index contributed by atoms with van der Waals surface area (Å²) in [6, 6.07) is 7.87. The van der Waals surface area contributed by atoms with Gasteiger partial charge in [-0.1, -0.05) is 6.92 Å². The average Bonchev–Trinajstić information content (AvgIpc) is 3.16. The van der Waals surface area contributed by atoms with E-state index in [2.05, 4.69) is 17.1 Å². The summed E-state index contributed by atoms with van der Waals surface area (Å²) in [6.45, 7) is 3.63. The van der Waals surface area contributed by atoms with Crippen LogP contribution in [0.1, 0.15) is 26.2 Å². The van der Waals surface area contributed by atoms with E-state index >= 15 is 0 Å². The van der Waals surface area contributed by atoms with Gasteiger partial charge in [0, 0.05) is 17.4 Å². The van der Waals surface area contributed by atoms with Gasteiger partial charge in [0.1, 0.15) is 0 Å². The molecule has 0 radical (unpaired) electrons. The van der Waals surface area contributed by atoms with Crippen molar-refractivity contribution in [3.63, 3.8) is 0 Å². The zero-order valence-electron chi connectivity index (χ0n) is 10.9. The lowest BCUT2D eigenvalue weighted by molar-refractivity contribution is -0.117. The molecule has 3 N–H and O–H groups in total. The number of benzene rings is 1. The Morgan fingerprint density at radius 2 is 2.06 bits per heavy atom. The molecule has 18 heavy (non-hydrogen) atoms. The minimum Gasteiger partial charge on any atom is -0.399 e. The minimum atomic E-state index is 0.0557. The molecule has 0 heterocycles. The maximum absolute atomic E-state index is 11.9. The number of carbonyl (C=O) groups excluding carboxylic acids is 1. The third-order valence-electron chi connectivity index (χ3n) is 3.12. The highest BCUT2D eigenvalue weighted by Crippen LogP contribution is 2.26. The number of nitrogens with zero attached hydrogens (tertiary/aromatic N) is 1. The fourth-order valence-corrected chi connectivity index (χ4v) is 2.07. The quantitative estimate of drug-likeness (QED) is 0.757. The van der Waals surface area contributed by atoms with Crippen molar-refractivity contribution in [2.45, 2.75) is 32.2 Å². The fourth-order valence-electron chi connectivity index (χ4n) is 2.07. The predicted octanol–water partition coefficient (Wildman–Crippen LogP) is 2.08. The van der Waals surface area contributed by atoms with Gasteiger partial charge in [0.05, 0.1) is 6.54 Å². The van der Waals surface area contributed by atoms with Crippen molar-refractivity contribution in [2.75, 3.05) is 24.1 Å². The Kier molecular flexibility index (Phi) is 4.20. The van der Waals surface area contributed by atoms with Gasteiger partial charge in [0.2, 0.25) is 5.91 Å². The normalized spacial score (nSPS) is 14.8. The second-order valence-corrected chi connectivity index (χ2v) is 4.87. The zero-order chi connectivity index (χ0) is 13.0. The van der Waals surface area contributed by atoms with E-state index in [-0.39, 0.29) is 5.91 Å². The number of carbonyl (C=O) groups is 1. The summed E-state index contributed by atoms with van der Waals surface area (Å²) in [5.41, 5.74) is 7.12. The lowest BCUT2D eigenvalue weighted by atomic mass is 10.3. The van der Waals surface area contributed by atoms with Gasteiger partial charge >= 0.3 is 0 Å². The first-order chi connectivity index (χ1) is 8.69. The predicted molar refractivity (Wildman–Crippen MR) is 74.4 cm³/mol. The first-order valence-corrected chi connectivity index (χ1v) is 6.58. The second kappa shape index (κ2) is 5.87. The van der Waals surface area contributed by atoms with Crippen LogP contribution < -0.4 is 11.1 Å². The fraction of sp³-hybridized carbons (Fsp3) is 0.500. The number of nitrogen functional groups attached to an aromatic ring is 1. The van der Waals surface area contributed by atoms with Crippen LogP contribution in [0.5, 0.6) is 0 Å². The summed E-state index contributed by atoms with van der Waals surface area (Å²) in [6.07, 6.45) is 3.55. The van der Waals surface area contributed by atoms with Gasteiger partial charge in [-0.15, -0.1) is 0 Å². The van der Waals surface area contributed by atoms with Gasteiger partial charge < -0.3 is 11.1 Å². The Hall–Kier alpha value is -1.55. The molecule has 1 amide bonds. The van der Waals surface area contributed by atoms with Crippen LogP contribution in [-0.4, -0.2) is 29.9 Å². The first-order valence-electron chi connectivity index (χ1n) is 6.58. The Balaban J connectivity index is 1.85. The standard InChI is InChI=1S/C14H21N3O/c1-2-9-17(13-7-8-13)10-14(18)16-12-5-3-11(15)4-6-12/h3-6,13H,2,7-10,15H2,1H3,(H,16,18). The Morgan fingerprint density at radius 3 is 2.61 bits per heavy atom. The van der Waals surface area contributed by atoms with Gasteiger partial charge in [-0.05, 0) is 50.1 Å². The number of rotatable bonds is 6. The van der Waals surface area contributed by atoms with Crippen LogP contribution in [0.4, 0.5) is 11.4 Å². The lowest BCUT2D eigenvalue weighted by Gasteiger charge is -2.20. The van der Waals surface area contributed by atoms with Gasteiger partial charge in [-0.25, -0.2) is 0 Å². The molecule has 0 aliphatic heterocycles. The van der Waals surface area contributed by atoms with Gasteiger partial charge in [0.25, 0.3) is 0 Å². The van der Waals surface area contributed by atoms with E-state index < -0.39 is 0 Å². The zero-order valence-corrected chi connectivity index (χ0v) is 10.9. The van der Waals surface area contributed by atoms with Gasteiger partial charge in [-0.3, -0.25) is 9.69 Å². The van der Waals surface area contributed by atoms with Crippen LogP contribution in [-0.2, 0) is 4.79 Å². The molecular formula is C14H21N3O. The van der Waals surface area contributed by atoms with Crippen LogP contribution >= 0.6 is 0 Å². The number of amides is 1. The lowest BCUT2D eigenvalue weighted by Crippen LogP contribution is -2.35. The summed E-state index contributed by atoms with van der Waals surface area (Å²) in [5.74, 6) is 0.0557. The maximum atomic E-state index is 11.9. The van der Waals surface area contributed by atoms with E-state index in [1.165, 1.54) is 12.8 Å². The molecule has 4 heteroatoms. The van der Waals surface area contributed by atoms with E-state index in [0.29, 0.717) is 18.3 Å². The van der Waals surface area contributed by atoms with Crippen molar-refractivity contribution < 1.29 is 4.79 Å². The molecule has 0 unspecified atom stereocenters. The molecule has 0 atom stereocenters. The van der Waals surface area contributed by atoms with E-state index in [1.54, 1.807) is 12.1 Å². The second-order valence-electron chi connectivity index (χ2n) is 4.87. The molecule has 0 bridgehead atoms. The van der Waals surface area contributed by atoms with Crippen LogP contribution in [0.2, 0.25) is 0 Å². The Bertz CT molecular complexity index is 398. The van der Waals surface area contributed by atoms with Crippen molar-refractivity contribution >= 4 is 17.3 Å². The van der Waals surface area contributed by atoms with Gasteiger partial charge in [-0.2, -0.15) is 0 Å². The van der Waals surface area contributed by atoms with Crippen LogP contribution in [0.15, 0.2) is 24.3 Å². The summed E-state index contributed by atoms with van der Waals surface area (Å²) in [7, 11) is 0. The maximum Gasteiger partial charge on any atom is 0.238 e. The molecule has 1 fully saturated rings. The number of nitrogens with one attached hydrogen (secondary N) is 1. The highest BCUT2D eigenvalue weighted by Gasteiger charge is 2.29. The van der Waals surface area contributed by atoms with Crippen molar-refractivity contribution in [2.24, 2.45) is 0 Å². The van der Waals surface area contributed by atoms with Crippen LogP contribution in [0.25, 0.3) is 0 Å². The van der Waals surface area contributed by atoms with E-state index in [4.69, 9.17) is 5.73 Å². The van der Waals surface area contributed by atoms with E-state index in [1.807, 2.05) is 12.1 Å². The molecular weight excluding hydrogens is 226 g/mol. The SMILES string of the molecule is CCCN(CC(=O)Nc1ccc(N)cc1)C1CC1. The minimum absolute atomic E-state index is 0.0557. The monoisotopic (exact) mass is 247 g/mol. The number of anilines is 2. The van der Waals surface area contributed by atoms with Crippen molar-refractivity contribution in [3.8, 4) is 0 Å². The molecule has 0 spiro atoms. The van der Waals surface area contributed by atoms with Crippen molar-refractivity contribution in [1.82, 2.24) is 4.90 Å². The molecule has 0 saturated heterocycles. The molecule has 0 aromatic heterocycles. The largest absolute Gasteiger partial charge is 0.399 e. The summed E-state index contributed by atoms with van der Waals surface area (Å²) in [5, 5.41) is 2.90. The third kappa shape index (κ3) is 3.74. The third-order valence-corrected chi connectivity index (χ3v) is 3.12. The van der Waals surface area contributed by atoms with Crippen LogP contribution in [0, 0.1) is 0 Å². The summed E-state index contributed by atoms with van der Waals surface area (Å²) >= 11 is 0.